The minimum atomic E-state index is -0.118. The van der Waals surface area contributed by atoms with E-state index < -0.39 is 0 Å². The van der Waals surface area contributed by atoms with E-state index in [1.54, 1.807) is 25.4 Å². The molecule has 0 fully saturated rings. The zero-order valence-corrected chi connectivity index (χ0v) is 11.2. The summed E-state index contributed by atoms with van der Waals surface area (Å²) >= 11 is 1.65. The van der Waals surface area contributed by atoms with Gasteiger partial charge >= 0.3 is 0 Å². The van der Waals surface area contributed by atoms with Crippen molar-refractivity contribution in [1.29, 1.82) is 0 Å². The van der Waals surface area contributed by atoms with Gasteiger partial charge in [-0.3, -0.25) is 9.63 Å². The number of nitrogens with one attached hydrogen (secondary N) is 1. The quantitative estimate of drug-likeness (QED) is 0.846. The summed E-state index contributed by atoms with van der Waals surface area (Å²) in [5.41, 5.74) is 3.44. The van der Waals surface area contributed by atoms with E-state index in [2.05, 4.69) is 5.48 Å². The van der Waals surface area contributed by atoms with Gasteiger partial charge in [-0.1, -0.05) is 6.92 Å². The van der Waals surface area contributed by atoms with Gasteiger partial charge in [0.05, 0.1) is 7.11 Å². The summed E-state index contributed by atoms with van der Waals surface area (Å²) in [5.74, 6) is 0.701. The van der Waals surface area contributed by atoms with Gasteiger partial charge in [0.25, 0.3) is 0 Å². The molecule has 0 aliphatic carbocycles. The molecule has 0 bridgehead atoms. The second-order valence-corrected chi connectivity index (χ2v) is 4.70. The normalized spacial score (nSPS) is 10.6. The van der Waals surface area contributed by atoms with Gasteiger partial charge in [0, 0.05) is 16.5 Å². The van der Waals surface area contributed by atoms with Crippen LogP contribution in [-0.4, -0.2) is 13.0 Å². The number of ether oxygens (including phenoxy) is 1. The Hall–Kier alpha value is -1.59. The van der Waals surface area contributed by atoms with Crippen LogP contribution in [-0.2, 0) is 16.2 Å². The lowest BCUT2D eigenvalue weighted by Crippen LogP contribution is -2.22. The molecular weight excluding hydrogens is 250 g/mol. The Morgan fingerprint density at radius 1 is 1.44 bits per heavy atom. The second kappa shape index (κ2) is 5.84. The predicted octanol–water partition coefficient (Wildman–Crippen LogP) is 2.87. The maximum Gasteiger partial charge on any atom is 0.243 e. The zero-order valence-electron chi connectivity index (χ0n) is 10.4. The summed E-state index contributed by atoms with van der Waals surface area (Å²) in [6.07, 6.45) is 0.415. The Morgan fingerprint density at radius 2 is 2.28 bits per heavy atom. The van der Waals surface area contributed by atoms with Gasteiger partial charge in [-0.05, 0) is 29.1 Å². The Bertz CT molecular complexity index is 550. The summed E-state index contributed by atoms with van der Waals surface area (Å²) < 4.78 is 6.38. The number of amides is 1. The van der Waals surface area contributed by atoms with Crippen molar-refractivity contribution in [1.82, 2.24) is 5.48 Å². The topological polar surface area (TPSA) is 47.6 Å². The van der Waals surface area contributed by atoms with Crippen molar-refractivity contribution >= 4 is 27.3 Å². The monoisotopic (exact) mass is 265 g/mol. The number of hydroxylamine groups is 1. The third-order valence-electron chi connectivity index (χ3n) is 2.60. The van der Waals surface area contributed by atoms with E-state index >= 15 is 0 Å². The highest BCUT2D eigenvalue weighted by Crippen LogP contribution is 2.29. The lowest BCUT2D eigenvalue weighted by atomic mass is 10.2. The molecule has 0 atom stereocenters. The molecule has 0 aliphatic heterocycles. The molecule has 2 aromatic rings. The van der Waals surface area contributed by atoms with Gasteiger partial charge in [0.1, 0.15) is 12.4 Å². The fraction of sp³-hybridized carbons (Fsp3) is 0.308. The molecule has 4 nitrogen and oxygen atoms in total. The van der Waals surface area contributed by atoms with E-state index in [0.717, 1.165) is 16.7 Å². The van der Waals surface area contributed by atoms with E-state index in [1.807, 2.05) is 23.6 Å². The first-order valence-electron chi connectivity index (χ1n) is 5.69. The molecule has 0 aliphatic rings. The molecule has 96 valence electrons. The van der Waals surface area contributed by atoms with Crippen molar-refractivity contribution in [3.8, 4) is 5.75 Å². The first-order chi connectivity index (χ1) is 8.74. The molecule has 0 radical (unpaired) electrons. The molecule has 2 rings (SSSR count). The largest absolute Gasteiger partial charge is 0.497 e. The number of benzene rings is 1. The van der Waals surface area contributed by atoms with Gasteiger partial charge in [-0.15, -0.1) is 11.3 Å². The SMILES string of the molecule is CCC(=O)NOCc1csc2ccc(OC)cc12. The Kier molecular flexibility index (Phi) is 4.17. The van der Waals surface area contributed by atoms with Gasteiger partial charge < -0.3 is 4.74 Å². The second-order valence-electron chi connectivity index (χ2n) is 3.79. The molecule has 0 spiro atoms. The number of carbonyl (C=O) groups is 1. The van der Waals surface area contributed by atoms with Crippen LogP contribution < -0.4 is 10.2 Å². The van der Waals surface area contributed by atoms with Crippen molar-refractivity contribution in [3.05, 3.63) is 29.1 Å². The molecule has 1 aromatic carbocycles. The number of hydrogen-bond acceptors (Lipinski definition) is 4. The molecule has 1 heterocycles. The highest BCUT2D eigenvalue weighted by Gasteiger charge is 2.06. The standard InChI is InChI=1S/C13H15NO3S/c1-3-13(15)14-17-7-9-8-18-12-5-4-10(16-2)6-11(9)12/h4-6,8H,3,7H2,1-2H3,(H,14,15). The van der Waals surface area contributed by atoms with Crippen LogP contribution in [0.3, 0.4) is 0 Å². The zero-order chi connectivity index (χ0) is 13.0. The summed E-state index contributed by atoms with van der Waals surface area (Å²) in [4.78, 5) is 16.2. The molecule has 0 unspecified atom stereocenters. The number of hydrogen-bond donors (Lipinski definition) is 1. The maximum absolute atomic E-state index is 11.1. The van der Waals surface area contributed by atoms with Crippen molar-refractivity contribution in [2.75, 3.05) is 7.11 Å². The fourth-order valence-electron chi connectivity index (χ4n) is 1.57. The van der Waals surface area contributed by atoms with E-state index in [1.165, 1.54) is 4.70 Å². The van der Waals surface area contributed by atoms with Crippen LogP contribution >= 0.6 is 11.3 Å². The molecular formula is C13H15NO3S. The van der Waals surface area contributed by atoms with Crippen molar-refractivity contribution in [2.24, 2.45) is 0 Å². The maximum atomic E-state index is 11.1. The number of carbonyl (C=O) groups excluding carboxylic acids is 1. The summed E-state index contributed by atoms with van der Waals surface area (Å²) in [6.45, 7) is 2.14. The lowest BCUT2D eigenvalue weighted by Gasteiger charge is -2.04. The highest BCUT2D eigenvalue weighted by molar-refractivity contribution is 7.17. The number of fused-ring (bicyclic) bond motifs is 1. The molecule has 1 N–H and O–H groups in total. The summed E-state index contributed by atoms with van der Waals surface area (Å²) in [5, 5.41) is 3.13. The van der Waals surface area contributed by atoms with Crippen LogP contribution in [0, 0.1) is 0 Å². The van der Waals surface area contributed by atoms with Gasteiger partial charge in [-0.25, -0.2) is 5.48 Å². The van der Waals surface area contributed by atoms with Crippen LogP contribution in [0.5, 0.6) is 5.75 Å². The van der Waals surface area contributed by atoms with Gasteiger partial charge in [-0.2, -0.15) is 0 Å². The summed E-state index contributed by atoms with van der Waals surface area (Å²) in [6, 6.07) is 5.93. The van der Waals surface area contributed by atoms with Crippen LogP contribution in [0.2, 0.25) is 0 Å². The van der Waals surface area contributed by atoms with Crippen molar-refractivity contribution < 1.29 is 14.4 Å². The van der Waals surface area contributed by atoms with E-state index in [9.17, 15) is 4.79 Å². The molecule has 18 heavy (non-hydrogen) atoms. The van der Waals surface area contributed by atoms with E-state index in [0.29, 0.717) is 13.0 Å². The van der Waals surface area contributed by atoms with Gasteiger partial charge in [0.2, 0.25) is 5.91 Å². The first-order valence-corrected chi connectivity index (χ1v) is 6.57. The average molecular weight is 265 g/mol. The van der Waals surface area contributed by atoms with E-state index in [-0.39, 0.29) is 5.91 Å². The molecule has 0 saturated carbocycles. The van der Waals surface area contributed by atoms with Crippen LogP contribution in [0.15, 0.2) is 23.6 Å². The first kappa shape index (κ1) is 12.9. The third-order valence-corrected chi connectivity index (χ3v) is 3.61. The Labute approximate surface area is 109 Å². The smallest absolute Gasteiger partial charge is 0.243 e. The molecule has 0 saturated heterocycles. The minimum absolute atomic E-state index is 0.118. The highest BCUT2D eigenvalue weighted by atomic mass is 32.1. The van der Waals surface area contributed by atoms with Crippen molar-refractivity contribution in [3.63, 3.8) is 0 Å². The third kappa shape index (κ3) is 2.80. The van der Waals surface area contributed by atoms with E-state index in [4.69, 9.17) is 9.57 Å². The van der Waals surface area contributed by atoms with Crippen LogP contribution in [0.1, 0.15) is 18.9 Å². The molecule has 5 heteroatoms. The fourth-order valence-corrected chi connectivity index (χ4v) is 2.49. The summed E-state index contributed by atoms with van der Waals surface area (Å²) in [7, 11) is 1.64. The van der Waals surface area contributed by atoms with Crippen LogP contribution in [0.25, 0.3) is 10.1 Å². The Morgan fingerprint density at radius 3 is 3.00 bits per heavy atom. The van der Waals surface area contributed by atoms with Crippen molar-refractivity contribution in [2.45, 2.75) is 20.0 Å². The van der Waals surface area contributed by atoms with Crippen LogP contribution in [0.4, 0.5) is 0 Å². The van der Waals surface area contributed by atoms with Gasteiger partial charge in [0.15, 0.2) is 0 Å². The molecule has 1 amide bonds. The Balaban J connectivity index is 2.10. The number of methoxy groups -OCH3 is 1. The lowest BCUT2D eigenvalue weighted by molar-refractivity contribution is -0.134. The molecule has 1 aromatic heterocycles. The number of thiophene rings is 1. The number of rotatable bonds is 5. The average Bonchev–Trinajstić information content (AvgIpc) is 2.81. The minimum Gasteiger partial charge on any atom is -0.497 e. The predicted molar refractivity (Wildman–Crippen MR) is 71.6 cm³/mol.